The molecular weight excluding hydrogens is 310 g/mol. The lowest BCUT2D eigenvalue weighted by atomic mass is 10.1. The van der Waals surface area contributed by atoms with E-state index in [0.717, 1.165) is 35.3 Å². The van der Waals surface area contributed by atoms with Crippen molar-refractivity contribution in [3.63, 3.8) is 0 Å². The van der Waals surface area contributed by atoms with Gasteiger partial charge in [0.1, 0.15) is 11.9 Å². The molecule has 1 unspecified atom stereocenters. The largest absolute Gasteiger partial charge is 0.488 e. The van der Waals surface area contributed by atoms with Crippen molar-refractivity contribution >= 4 is 17.6 Å². The normalized spacial score (nSPS) is 16.6. The summed E-state index contributed by atoms with van der Waals surface area (Å²) in [4.78, 5) is 4.24. The van der Waals surface area contributed by atoms with Gasteiger partial charge in [-0.05, 0) is 29.3 Å². The van der Waals surface area contributed by atoms with Crippen molar-refractivity contribution in [3.8, 4) is 5.75 Å². The van der Waals surface area contributed by atoms with Crippen molar-refractivity contribution in [1.29, 1.82) is 0 Å². The standard InChI is InChI=1S/C18H20ClN3O/c1-20-18(21-11-13-6-8-15(19)9-7-13)22-12-16-10-14-4-2-3-5-17(14)23-16/h2-9,16H,10-12H2,1H3,(H2,20,21,22). The van der Waals surface area contributed by atoms with Crippen molar-refractivity contribution in [3.05, 3.63) is 64.7 Å². The summed E-state index contributed by atoms with van der Waals surface area (Å²) in [5.74, 6) is 1.75. The number of para-hydroxylation sites is 1. The zero-order valence-electron chi connectivity index (χ0n) is 13.1. The van der Waals surface area contributed by atoms with Crippen LogP contribution in [0.5, 0.6) is 5.75 Å². The van der Waals surface area contributed by atoms with Gasteiger partial charge in [0.15, 0.2) is 5.96 Å². The van der Waals surface area contributed by atoms with Gasteiger partial charge in [-0.25, -0.2) is 0 Å². The molecule has 2 aromatic rings. The number of fused-ring (bicyclic) bond motifs is 1. The first-order valence-corrected chi connectivity index (χ1v) is 8.06. The van der Waals surface area contributed by atoms with E-state index >= 15 is 0 Å². The monoisotopic (exact) mass is 329 g/mol. The topological polar surface area (TPSA) is 45.7 Å². The first-order chi connectivity index (χ1) is 11.2. The van der Waals surface area contributed by atoms with E-state index in [2.05, 4.69) is 21.7 Å². The summed E-state index contributed by atoms with van der Waals surface area (Å²) in [6.07, 6.45) is 1.07. The second-order valence-corrected chi connectivity index (χ2v) is 5.92. The zero-order chi connectivity index (χ0) is 16.1. The minimum Gasteiger partial charge on any atom is -0.488 e. The second kappa shape index (κ2) is 7.38. The Morgan fingerprint density at radius 2 is 1.96 bits per heavy atom. The van der Waals surface area contributed by atoms with E-state index in [9.17, 15) is 0 Å². The molecule has 0 saturated heterocycles. The van der Waals surface area contributed by atoms with E-state index in [-0.39, 0.29) is 6.10 Å². The molecule has 0 aliphatic carbocycles. The smallest absolute Gasteiger partial charge is 0.191 e. The second-order valence-electron chi connectivity index (χ2n) is 5.48. The van der Waals surface area contributed by atoms with E-state index in [4.69, 9.17) is 16.3 Å². The number of benzene rings is 2. The maximum atomic E-state index is 5.92. The van der Waals surface area contributed by atoms with Gasteiger partial charge in [0.05, 0.1) is 6.54 Å². The van der Waals surface area contributed by atoms with Crippen LogP contribution in [0.2, 0.25) is 5.02 Å². The highest BCUT2D eigenvalue weighted by atomic mass is 35.5. The van der Waals surface area contributed by atoms with Crippen LogP contribution in [0.4, 0.5) is 0 Å². The number of hydrogen-bond acceptors (Lipinski definition) is 2. The Morgan fingerprint density at radius 1 is 1.17 bits per heavy atom. The van der Waals surface area contributed by atoms with Crippen molar-refractivity contribution in [2.45, 2.75) is 19.1 Å². The molecule has 3 rings (SSSR count). The van der Waals surface area contributed by atoms with Gasteiger partial charge in [-0.15, -0.1) is 0 Å². The fourth-order valence-corrected chi connectivity index (χ4v) is 2.71. The molecule has 2 aromatic carbocycles. The molecule has 4 nitrogen and oxygen atoms in total. The predicted molar refractivity (Wildman–Crippen MR) is 94.2 cm³/mol. The molecule has 0 spiro atoms. The Morgan fingerprint density at radius 3 is 2.70 bits per heavy atom. The minimum atomic E-state index is 0.140. The summed E-state index contributed by atoms with van der Waals surface area (Å²) in [5, 5.41) is 7.35. The summed E-state index contributed by atoms with van der Waals surface area (Å²) in [7, 11) is 1.77. The molecule has 2 N–H and O–H groups in total. The van der Waals surface area contributed by atoms with Crippen LogP contribution in [-0.2, 0) is 13.0 Å². The fourth-order valence-electron chi connectivity index (χ4n) is 2.59. The number of halogens is 1. The van der Waals surface area contributed by atoms with Crippen molar-refractivity contribution in [2.24, 2.45) is 4.99 Å². The number of rotatable bonds is 4. The van der Waals surface area contributed by atoms with Crippen LogP contribution in [-0.4, -0.2) is 25.7 Å². The minimum absolute atomic E-state index is 0.140. The summed E-state index contributed by atoms with van der Waals surface area (Å²) < 4.78 is 5.92. The SMILES string of the molecule is CN=C(NCc1ccc(Cl)cc1)NCC1Cc2ccccc2O1. The lowest BCUT2D eigenvalue weighted by Gasteiger charge is -2.15. The van der Waals surface area contributed by atoms with E-state index in [1.807, 2.05) is 42.5 Å². The molecule has 120 valence electrons. The lowest BCUT2D eigenvalue weighted by Crippen LogP contribution is -2.41. The van der Waals surface area contributed by atoms with E-state index < -0.39 is 0 Å². The van der Waals surface area contributed by atoms with Gasteiger partial charge in [0.2, 0.25) is 0 Å². The number of nitrogens with one attached hydrogen (secondary N) is 2. The zero-order valence-corrected chi connectivity index (χ0v) is 13.8. The number of hydrogen-bond donors (Lipinski definition) is 2. The Hall–Kier alpha value is -2.20. The first kappa shape index (κ1) is 15.7. The molecule has 5 heteroatoms. The van der Waals surface area contributed by atoms with Gasteiger partial charge in [0, 0.05) is 25.0 Å². The molecule has 0 aromatic heterocycles. The van der Waals surface area contributed by atoms with E-state index in [1.165, 1.54) is 5.56 Å². The van der Waals surface area contributed by atoms with Gasteiger partial charge in [0.25, 0.3) is 0 Å². The summed E-state index contributed by atoms with van der Waals surface area (Å²) in [5.41, 5.74) is 2.42. The van der Waals surface area contributed by atoms with Crippen LogP contribution in [0.25, 0.3) is 0 Å². The number of nitrogens with zero attached hydrogens (tertiary/aromatic N) is 1. The summed E-state index contributed by atoms with van der Waals surface area (Å²) >= 11 is 5.89. The molecule has 0 saturated carbocycles. The number of aliphatic imine (C=N–C) groups is 1. The molecule has 0 radical (unpaired) electrons. The van der Waals surface area contributed by atoms with Crippen LogP contribution < -0.4 is 15.4 Å². The third-order valence-electron chi connectivity index (χ3n) is 3.81. The molecule has 0 bridgehead atoms. The average molecular weight is 330 g/mol. The number of ether oxygens (including phenoxy) is 1. The highest BCUT2D eigenvalue weighted by Gasteiger charge is 2.22. The van der Waals surface area contributed by atoms with Crippen LogP contribution in [0.1, 0.15) is 11.1 Å². The van der Waals surface area contributed by atoms with Crippen LogP contribution >= 0.6 is 11.6 Å². The van der Waals surface area contributed by atoms with Crippen LogP contribution in [0.3, 0.4) is 0 Å². The quantitative estimate of drug-likeness (QED) is 0.669. The van der Waals surface area contributed by atoms with Gasteiger partial charge >= 0.3 is 0 Å². The molecule has 1 heterocycles. The van der Waals surface area contributed by atoms with Crippen molar-refractivity contribution in [2.75, 3.05) is 13.6 Å². The fraction of sp³-hybridized carbons (Fsp3) is 0.278. The molecule has 0 fully saturated rings. The predicted octanol–water partition coefficient (Wildman–Crippen LogP) is 3.01. The van der Waals surface area contributed by atoms with Gasteiger partial charge in [-0.3, -0.25) is 4.99 Å². The Bertz CT molecular complexity index is 660. The van der Waals surface area contributed by atoms with Gasteiger partial charge in [-0.2, -0.15) is 0 Å². The highest BCUT2D eigenvalue weighted by molar-refractivity contribution is 6.30. The van der Waals surface area contributed by atoms with E-state index in [0.29, 0.717) is 6.54 Å². The summed E-state index contributed by atoms with van der Waals surface area (Å²) in [6.45, 7) is 1.41. The molecule has 1 atom stereocenters. The number of guanidine groups is 1. The maximum Gasteiger partial charge on any atom is 0.191 e. The van der Waals surface area contributed by atoms with Gasteiger partial charge in [-0.1, -0.05) is 41.9 Å². The summed E-state index contributed by atoms with van der Waals surface area (Å²) in [6, 6.07) is 16.0. The molecule has 1 aliphatic rings. The van der Waals surface area contributed by atoms with Crippen molar-refractivity contribution in [1.82, 2.24) is 10.6 Å². The Balaban J connectivity index is 1.46. The van der Waals surface area contributed by atoms with Crippen LogP contribution in [0, 0.1) is 0 Å². The lowest BCUT2D eigenvalue weighted by molar-refractivity contribution is 0.235. The van der Waals surface area contributed by atoms with E-state index in [1.54, 1.807) is 7.05 Å². The highest BCUT2D eigenvalue weighted by Crippen LogP contribution is 2.27. The third kappa shape index (κ3) is 4.17. The molecular formula is C18H20ClN3O. The molecule has 23 heavy (non-hydrogen) atoms. The molecule has 1 aliphatic heterocycles. The van der Waals surface area contributed by atoms with Gasteiger partial charge < -0.3 is 15.4 Å². The third-order valence-corrected chi connectivity index (χ3v) is 4.06. The Kier molecular flexibility index (Phi) is 5.03. The van der Waals surface area contributed by atoms with Crippen LogP contribution in [0.15, 0.2) is 53.5 Å². The maximum absolute atomic E-state index is 5.92. The van der Waals surface area contributed by atoms with Crippen molar-refractivity contribution < 1.29 is 4.74 Å². The molecule has 0 amide bonds. The average Bonchev–Trinajstić information content (AvgIpc) is 2.99. The Labute approximate surface area is 141 Å². The first-order valence-electron chi connectivity index (χ1n) is 7.68.